The van der Waals surface area contributed by atoms with Crippen molar-refractivity contribution in [1.82, 2.24) is 0 Å². The summed E-state index contributed by atoms with van der Waals surface area (Å²) in [5.41, 5.74) is 0. The van der Waals surface area contributed by atoms with Crippen molar-refractivity contribution in [3.63, 3.8) is 0 Å². The van der Waals surface area contributed by atoms with Crippen LogP contribution in [0.2, 0.25) is 0 Å². The summed E-state index contributed by atoms with van der Waals surface area (Å²) in [4.78, 5) is 0. The zero-order valence-electron chi connectivity index (χ0n) is 2.29. The molecule has 0 unspecified atom stereocenters. The lowest BCUT2D eigenvalue weighted by atomic mass is 15.0. The fourth-order valence-electron chi connectivity index (χ4n) is 0. The van der Waals surface area contributed by atoms with Crippen molar-refractivity contribution >= 4 is 0 Å². The van der Waals surface area contributed by atoms with Gasteiger partial charge in [-0.1, -0.05) is 0 Å². The molecule has 5 nitrogen and oxygen atoms in total. The van der Waals surface area contributed by atoms with E-state index in [0.29, 0.717) is 0 Å². The van der Waals surface area contributed by atoms with Crippen LogP contribution in [-0.4, -0.2) is 26.5 Å². The minimum absolute atomic E-state index is 0. The average molecular weight is 86.0 g/mol. The SMILES string of the molecule is O.OO.OO. The molecule has 0 aliphatic heterocycles. The Kier molecular flexibility index (Phi) is 3190. The molecule has 0 heterocycles. The number of hydrogen-bond donors (Lipinski definition) is 4. The highest BCUT2D eigenvalue weighted by molar-refractivity contribution is 1.83. The average Bonchev–Trinajstić information content (AvgIpc) is 1.50. The quantitative estimate of drug-likeness (QED) is 0.228. The van der Waals surface area contributed by atoms with Gasteiger partial charge in [0.05, 0.1) is 0 Å². The molecule has 36 valence electrons. The van der Waals surface area contributed by atoms with E-state index in [1.54, 1.807) is 0 Å². The van der Waals surface area contributed by atoms with Crippen LogP contribution in [0.15, 0.2) is 0 Å². The van der Waals surface area contributed by atoms with Crippen molar-refractivity contribution in [1.29, 1.82) is 0 Å². The van der Waals surface area contributed by atoms with Gasteiger partial charge in [0.2, 0.25) is 0 Å². The summed E-state index contributed by atoms with van der Waals surface area (Å²) in [7, 11) is 0. The summed E-state index contributed by atoms with van der Waals surface area (Å²) < 4.78 is 0. The summed E-state index contributed by atoms with van der Waals surface area (Å²) in [6, 6.07) is 0. The van der Waals surface area contributed by atoms with Crippen molar-refractivity contribution in [2.24, 2.45) is 0 Å². The summed E-state index contributed by atoms with van der Waals surface area (Å²) in [5, 5.41) is 24.0. The van der Waals surface area contributed by atoms with Gasteiger partial charge in [-0.25, -0.2) is 0 Å². The standard InChI is InChI=1S/2H2O2.H2O/c2*1-2;/h2*1-2H;1H2. The molecule has 0 fully saturated rings. The van der Waals surface area contributed by atoms with Gasteiger partial charge < -0.3 is 5.48 Å². The Morgan fingerprint density at radius 3 is 0.600 bits per heavy atom. The van der Waals surface area contributed by atoms with E-state index in [1.165, 1.54) is 0 Å². The third kappa shape index (κ3) is 308. The molecule has 0 spiro atoms. The van der Waals surface area contributed by atoms with Crippen molar-refractivity contribution in [3.8, 4) is 0 Å². The van der Waals surface area contributed by atoms with Crippen LogP contribution in [0.1, 0.15) is 0 Å². The Morgan fingerprint density at radius 2 is 0.600 bits per heavy atom. The maximum Gasteiger partial charge on any atom is -0.255 e. The van der Waals surface area contributed by atoms with Gasteiger partial charge in [0.1, 0.15) is 0 Å². The molecule has 0 aliphatic rings. The molecule has 5 heteroatoms. The third-order valence-electron chi connectivity index (χ3n) is 0. The lowest BCUT2D eigenvalue weighted by Crippen LogP contribution is -1.29. The molecule has 0 aliphatic carbocycles. The minimum Gasteiger partial charge on any atom is -0.412 e. The second-order valence-corrected chi connectivity index (χ2v) is 0. The van der Waals surface area contributed by atoms with Crippen LogP contribution in [0.25, 0.3) is 0 Å². The fourth-order valence-corrected chi connectivity index (χ4v) is 0. The van der Waals surface area contributed by atoms with Gasteiger partial charge in [0.25, 0.3) is 0 Å². The Hall–Kier alpha value is -0.200. The highest BCUT2D eigenvalue weighted by atomic mass is 17.0. The Balaban J connectivity index is -0.0000000133. The van der Waals surface area contributed by atoms with Gasteiger partial charge in [-0.2, -0.15) is 0 Å². The molecule has 0 atom stereocenters. The molecule has 0 saturated carbocycles. The molecule has 0 bridgehead atoms. The lowest BCUT2D eigenvalue weighted by Gasteiger charge is -1.25. The van der Waals surface area contributed by atoms with Gasteiger partial charge >= 0.3 is 0 Å². The first-order valence-electron chi connectivity index (χ1n) is 0.400. The van der Waals surface area contributed by atoms with Crippen LogP contribution < -0.4 is 0 Å². The molecule has 0 amide bonds. The summed E-state index contributed by atoms with van der Waals surface area (Å²) >= 11 is 0. The summed E-state index contributed by atoms with van der Waals surface area (Å²) in [5.74, 6) is 0. The highest BCUT2D eigenvalue weighted by Crippen LogP contribution is 0.713. The molecule has 0 rings (SSSR count). The van der Waals surface area contributed by atoms with Crippen LogP contribution in [0.4, 0.5) is 0 Å². The van der Waals surface area contributed by atoms with Gasteiger partial charge in [-0.05, 0) is 0 Å². The molecular weight excluding hydrogens is 80.0 g/mol. The van der Waals surface area contributed by atoms with Gasteiger partial charge in [0, 0.05) is 0 Å². The van der Waals surface area contributed by atoms with E-state index in [2.05, 4.69) is 0 Å². The Labute approximate surface area is 27.9 Å². The maximum absolute atomic E-state index is 6.00. The predicted molar refractivity (Wildman–Crippen MR) is 14.1 cm³/mol. The maximum atomic E-state index is 6.00. The summed E-state index contributed by atoms with van der Waals surface area (Å²) in [6.45, 7) is 0. The number of rotatable bonds is 0. The minimum atomic E-state index is 0. The Bertz CT molecular complexity index is 0. The van der Waals surface area contributed by atoms with Crippen molar-refractivity contribution in [2.45, 2.75) is 0 Å². The van der Waals surface area contributed by atoms with E-state index >= 15 is 0 Å². The lowest BCUT2D eigenvalue weighted by molar-refractivity contribution is -0.176. The second kappa shape index (κ2) is 745. The van der Waals surface area contributed by atoms with Crippen LogP contribution in [-0.2, 0) is 0 Å². The van der Waals surface area contributed by atoms with Crippen LogP contribution in [0, 0.1) is 0 Å². The van der Waals surface area contributed by atoms with Crippen molar-refractivity contribution < 1.29 is 26.5 Å². The van der Waals surface area contributed by atoms with E-state index in [0.717, 1.165) is 0 Å². The monoisotopic (exact) mass is 86.0 g/mol. The molecule has 6 N–H and O–H groups in total. The van der Waals surface area contributed by atoms with E-state index in [1.807, 2.05) is 0 Å². The normalized spacial score (nSPS) is 2.40. The van der Waals surface area contributed by atoms with Crippen LogP contribution >= 0.6 is 0 Å². The van der Waals surface area contributed by atoms with Crippen molar-refractivity contribution in [3.05, 3.63) is 0 Å². The first-order chi connectivity index (χ1) is 2.00. The molecule has 0 aromatic rings. The first kappa shape index (κ1) is 21.4. The predicted octanol–water partition coefficient (Wildman–Crippen LogP) is -0.790. The molecule has 0 aromatic heterocycles. The smallest absolute Gasteiger partial charge is 0.255 e. The van der Waals surface area contributed by atoms with Crippen LogP contribution in [0.5, 0.6) is 0 Å². The first-order valence-corrected chi connectivity index (χ1v) is 0.400. The molecule has 0 saturated heterocycles. The van der Waals surface area contributed by atoms with Crippen LogP contribution in [0.3, 0.4) is 0 Å². The van der Waals surface area contributed by atoms with E-state index in [9.17, 15) is 0 Å². The van der Waals surface area contributed by atoms with Gasteiger partial charge in [-0.3, -0.25) is 21.0 Å². The highest BCUT2D eigenvalue weighted by Gasteiger charge is 0.747. The van der Waals surface area contributed by atoms with Crippen molar-refractivity contribution in [2.75, 3.05) is 0 Å². The zero-order chi connectivity index (χ0) is 4.00. The second-order valence-electron chi connectivity index (χ2n) is 0. The Morgan fingerprint density at radius 1 is 0.600 bits per heavy atom. The molecular formula is H6O5. The van der Waals surface area contributed by atoms with Gasteiger partial charge in [0.15, 0.2) is 0 Å². The third-order valence-corrected chi connectivity index (χ3v) is 0. The van der Waals surface area contributed by atoms with E-state index in [-0.39, 0.29) is 5.48 Å². The van der Waals surface area contributed by atoms with E-state index in [4.69, 9.17) is 21.0 Å². The number of hydrogen-bond acceptors (Lipinski definition) is 4. The molecule has 5 heavy (non-hydrogen) atoms. The molecule has 0 radical (unpaired) electrons. The zero-order valence-corrected chi connectivity index (χ0v) is 2.29. The summed E-state index contributed by atoms with van der Waals surface area (Å²) in [6.07, 6.45) is 0. The van der Waals surface area contributed by atoms with E-state index < -0.39 is 0 Å². The van der Waals surface area contributed by atoms with Gasteiger partial charge in [-0.15, -0.1) is 0 Å². The largest absolute Gasteiger partial charge is 0.412 e. The topological polar surface area (TPSA) is 112 Å². The molecule has 0 aromatic carbocycles. The fraction of sp³-hybridized carbons (Fsp3) is 0.